The van der Waals surface area contributed by atoms with Gasteiger partial charge in [-0.1, -0.05) is 0 Å². The first-order valence-electron chi connectivity index (χ1n) is 4.15. The van der Waals surface area contributed by atoms with Crippen molar-refractivity contribution in [3.05, 3.63) is 39.8 Å². The van der Waals surface area contributed by atoms with Gasteiger partial charge in [0.1, 0.15) is 10.2 Å². The fraction of sp³-hybridized carbons (Fsp3) is 0.100. The van der Waals surface area contributed by atoms with Gasteiger partial charge in [-0.25, -0.2) is 0 Å². The highest BCUT2D eigenvalue weighted by Gasteiger charge is 2.32. The van der Waals surface area contributed by atoms with Crippen molar-refractivity contribution in [2.45, 2.75) is 0 Å². The average Bonchev–Trinajstić information content (AvgIpc) is 2.27. The maximum atomic E-state index is 11.8. The molecule has 15 heavy (non-hydrogen) atoms. The van der Waals surface area contributed by atoms with Crippen molar-refractivity contribution in [1.82, 2.24) is 4.98 Å². The largest absolute Gasteiger partial charge is 0.491 e. The van der Waals surface area contributed by atoms with Gasteiger partial charge < -0.3 is 4.74 Å². The number of ketones is 2. The van der Waals surface area contributed by atoms with E-state index in [1.165, 1.54) is 13.3 Å². The monoisotopic (exact) mass is 267 g/mol. The van der Waals surface area contributed by atoms with E-state index in [2.05, 4.69) is 20.9 Å². The topological polar surface area (TPSA) is 56.3 Å². The van der Waals surface area contributed by atoms with Crippen molar-refractivity contribution < 1.29 is 14.3 Å². The van der Waals surface area contributed by atoms with Gasteiger partial charge in [-0.05, 0) is 28.1 Å². The third-order valence-electron chi connectivity index (χ3n) is 2.08. The summed E-state index contributed by atoms with van der Waals surface area (Å²) in [6.07, 6.45) is 1.47. The van der Waals surface area contributed by atoms with Crippen LogP contribution in [0.4, 0.5) is 0 Å². The fourth-order valence-electron chi connectivity index (χ4n) is 1.38. The predicted octanol–water partition coefficient (Wildman–Crippen LogP) is 1.71. The lowest BCUT2D eigenvalue weighted by Gasteiger charge is -2.15. The summed E-state index contributed by atoms with van der Waals surface area (Å²) in [7, 11) is 1.34. The minimum absolute atomic E-state index is 0.00574. The molecule has 1 aromatic heterocycles. The number of carbonyl (C=O) groups is 2. The van der Waals surface area contributed by atoms with Gasteiger partial charge in [-0.2, -0.15) is 0 Å². The highest BCUT2D eigenvalue weighted by atomic mass is 79.9. The van der Waals surface area contributed by atoms with Crippen LogP contribution in [0.15, 0.2) is 28.6 Å². The van der Waals surface area contributed by atoms with Crippen LogP contribution in [-0.4, -0.2) is 23.7 Å². The Kier molecular flexibility index (Phi) is 2.40. The van der Waals surface area contributed by atoms with Crippen molar-refractivity contribution in [1.29, 1.82) is 0 Å². The highest BCUT2D eigenvalue weighted by molar-refractivity contribution is 9.12. The molecule has 76 valence electrons. The second kappa shape index (κ2) is 3.58. The molecule has 0 saturated heterocycles. The summed E-state index contributed by atoms with van der Waals surface area (Å²) in [5.41, 5.74) is 0.442. The number of Topliss-reactive ketones (excluding diaryl/α,β-unsaturated/α-hetero) is 2. The number of fused-ring (bicyclic) bond motifs is 1. The Hall–Kier alpha value is -1.49. The van der Waals surface area contributed by atoms with Crippen molar-refractivity contribution in [3.63, 3.8) is 0 Å². The Labute approximate surface area is 94.1 Å². The van der Waals surface area contributed by atoms with Gasteiger partial charge >= 0.3 is 0 Å². The van der Waals surface area contributed by atoms with E-state index in [4.69, 9.17) is 4.74 Å². The van der Waals surface area contributed by atoms with Gasteiger partial charge in [0.15, 0.2) is 5.76 Å². The van der Waals surface area contributed by atoms with Crippen LogP contribution in [-0.2, 0) is 4.74 Å². The number of nitrogens with zero attached hydrogens (tertiary/aromatic N) is 1. The van der Waals surface area contributed by atoms with E-state index in [0.717, 1.165) is 0 Å². The summed E-state index contributed by atoms with van der Waals surface area (Å²) >= 11 is 3.05. The predicted molar refractivity (Wildman–Crippen MR) is 55.9 cm³/mol. The maximum Gasteiger partial charge on any atom is 0.247 e. The highest BCUT2D eigenvalue weighted by Crippen LogP contribution is 2.28. The normalized spacial score (nSPS) is 15.3. The van der Waals surface area contributed by atoms with E-state index in [9.17, 15) is 9.59 Å². The first-order chi connectivity index (χ1) is 7.16. The van der Waals surface area contributed by atoms with Crippen molar-refractivity contribution in [2.75, 3.05) is 7.11 Å². The van der Waals surface area contributed by atoms with Crippen molar-refractivity contribution in [3.8, 4) is 0 Å². The smallest absolute Gasteiger partial charge is 0.247 e. The number of hydrogen-bond acceptors (Lipinski definition) is 4. The molecule has 0 amide bonds. The van der Waals surface area contributed by atoms with Crippen LogP contribution in [0, 0.1) is 0 Å². The van der Waals surface area contributed by atoms with Crippen LogP contribution in [0.5, 0.6) is 0 Å². The Balaban J connectivity index is 2.68. The molecule has 0 bridgehead atoms. The molecule has 0 aliphatic heterocycles. The average molecular weight is 268 g/mol. The standard InChI is InChI=1S/C10H6BrNO3/c1-15-10-6(11)8(13)5-3-2-4-12-7(5)9(10)14/h2-4H,1H3. The van der Waals surface area contributed by atoms with Gasteiger partial charge in [-0.15, -0.1) is 0 Å². The SMILES string of the molecule is COC1=C(Br)C(=O)c2cccnc2C1=O. The zero-order valence-electron chi connectivity index (χ0n) is 7.78. The molecular weight excluding hydrogens is 262 g/mol. The minimum Gasteiger partial charge on any atom is -0.491 e. The first-order valence-corrected chi connectivity index (χ1v) is 4.94. The third-order valence-corrected chi connectivity index (χ3v) is 2.80. The molecule has 4 nitrogen and oxygen atoms in total. The Morgan fingerprint density at radius 2 is 2.07 bits per heavy atom. The minimum atomic E-state index is -0.375. The third kappa shape index (κ3) is 1.39. The molecule has 0 saturated carbocycles. The number of pyridine rings is 1. The molecule has 0 spiro atoms. The van der Waals surface area contributed by atoms with E-state index in [-0.39, 0.29) is 27.5 Å². The van der Waals surface area contributed by atoms with E-state index in [0.29, 0.717) is 5.56 Å². The van der Waals surface area contributed by atoms with Crippen LogP contribution in [0.25, 0.3) is 0 Å². The fourth-order valence-corrected chi connectivity index (χ4v) is 1.94. The number of carbonyl (C=O) groups excluding carboxylic acids is 2. The lowest BCUT2D eigenvalue weighted by Crippen LogP contribution is -2.21. The summed E-state index contributed by atoms with van der Waals surface area (Å²) in [6, 6.07) is 3.18. The van der Waals surface area contributed by atoms with E-state index < -0.39 is 0 Å². The maximum absolute atomic E-state index is 11.8. The van der Waals surface area contributed by atoms with E-state index in [1.807, 2.05) is 0 Å². The quantitative estimate of drug-likeness (QED) is 0.778. The molecule has 1 aliphatic rings. The molecule has 2 rings (SSSR count). The van der Waals surface area contributed by atoms with Gasteiger partial charge in [-0.3, -0.25) is 14.6 Å². The molecule has 1 heterocycles. The zero-order valence-corrected chi connectivity index (χ0v) is 9.37. The molecule has 0 unspecified atom stereocenters. The number of allylic oxidation sites excluding steroid dienone is 2. The van der Waals surface area contributed by atoms with Crippen LogP contribution >= 0.6 is 15.9 Å². The Bertz CT molecular complexity index is 493. The van der Waals surface area contributed by atoms with Crippen LogP contribution in [0.2, 0.25) is 0 Å². The van der Waals surface area contributed by atoms with Crippen LogP contribution in [0.3, 0.4) is 0 Å². The number of methoxy groups -OCH3 is 1. The van der Waals surface area contributed by atoms with E-state index >= 15 is 0 Å². The lowest BCUT2D eigenvalue weighted by atomic mass is 9.99. The first kappa shape index (κ1) is 10.0. The summed E-state index contributed by atoms with van der Waals surface area (Å²) in [6.45, 7) is 0. The van der Waals surface area contributed by atoms with Gasteiger partial charge in [0.2, 0.25) is 11.6 Å². The zero-order chi connectivity index (χ0) is 11.0. The summed E-state index contributed by atoms with van der Waals surface area (Å²) < 4.78 is 5.01. The Morgan fingerprint density at radius 3 is 2.73 bits per heavy atom. The second-order valence-corrected chi connectivity index (χ2v) is 3.70. The molecule has 0 N–H and O–H groups in total. The molecule has 0 radical (unpaired) electrons. The van der Waals surface area contributed by atoms with Crippen LogP contribution < -0.4 is 0 Å². The Morgan fingerprint density at radius 1 is 1.33 bits per heavy atom. The molecule has 0 aromatic carbocycles. The van der Waals surface area contributed by atoms with Crippen molar-refractivity contribution >= 4 is 27.5 Å². The molecule has 0 atom stereocenters. The number of halogens is 1. The molecule has 1 aliphatic carbocycles. The lowest BCUT2D eigenvalue weighted by molar-refractivity contribution is 0.0909. The summed E-state index contributed by atoms with van der Waals surface area (Å²) in [4.78, 5) is 27.4. The molecular formula is C10H6BrNO3. The van der Waals surface area contributed by atoms with Gasteiger partial charge in [0.05, 0.1) is 12.7 Å². The van der Waals surface area contributed by atoms with Gasteiger partial charge in [0.25, 0.3) is 0 Å². The number of aromatic nitrogens is 1. The van der Waals surface area contributed by atoms with Gasteiger partial charge in [0, 0.05) is 6.20 Å². The summed E-state index contributed by atoms with van der Waals surface area (Å²) in [5, 5.41) is 0. The number of ether oxygens (including phenoxy) is 1. The van der Waals surface area contributed by atoms with Crippen molar-refractivity contribution in [2.24, 2.45) is 0 Å². The number of hydrogen-bond donors (Lipinski definition) is 0. The molecule has 1 aromatic rings. The summed E-state index contributed by atoms with van der Waals surface area (Å²) in [5.74, 6) is -0.652. The van der Waals surface area contributed by atoms with Crippen LogP contribution in [0.1, 0.15) is 20.8 Å². The van der Waals surface area contributed by atoms with E-state index in [1.54, 1.807) is 12.1 Å². The molecule has 5 heteroatoms. The second-order valence-electron chi connectivity index (χ2n) is 2.91. The molecule has 0 fully saturated rings. The number of rotatable bonds is 1.